The van der Waals surface area contributed by atoms with E-state index in [1.807, 2.05) is 4.90 Å². The summed E-state index contributed by atoms with van der Waals surface area (Å²) in [5.74, 6) is -2.19. The van der Waals surface area contributed by atoms with Gasteiger partial charge in [-0.15, -0.1) is 0 Å². The van der Waals surface area contributed by atoms with Crippen molar-refractivity contribution in [1.82, 2.24) is 20.4 Å². The number of hydrogen-bond donors (Lipinski definition) is 3. The lowest BCUT2D eigenvalue weighted by molar-refractivity contribution is -0.135. The Morgan fingerprint density at radius 2 is 2.06 bits per heavy atom. The number of nitrogens with one attached hydrogen (secondary N) is 2. The molecule has 3 rings (SSSR count). The van der Waals surface area contributed by atoms with Gasteiger partial charge in [0.25, 0.3) is 5.97 Å². The van der Waals surface area contributed by atoms with Crippen molar-refractivity contribution >= 4 is 31.0 Å². The number of fused-ring (bicyclic) bond motifs is 2. The van der Waals surface area contributed by atoms with E-state index in [2.05, 4.69) is 31.4 Å². The summed E-state index contributed by atoms with van der Waals surface area (Å²) >= 11 is 0. The normalized spacial score (nSPS) is 30.6. The van der Waals surface area contributed by atoms with Gasteiger partial charge in [0.15, 0.2) is 7.28 Å². The van der Waals surface area contributed by atoms with Gasteiger partial charge in [-0.2, -0.15) is 0 Å². The van der Waals surface area contributed by atoms with Gasteiger partial charge in [-0.3, -0.25) is 24.1 Å². The average molecular weight is 434 g/mol. The predicted molar refractivity (Wildman–Crippen MR) is 117 cm³/mol. The van der Waals surface area contributed by atoms with Crippen LogP contribution in [0.5, 0.6) is 0 Å². The number of carbonyl (C=O) groups is 4. The monoisotopic (exact) mass is 434 g/mol. The maximum Gasteiger partial charge on any atom is 0.295 e. The Labute approximate surface area is 184 Å². The summed E-state index contributed by atoms with van der Waals surface area (Å²) in [5.41, 5.74) is 0. The van der Waals surface area contributed by atoms with Gasteiger partial charge in [0.1, 0.15) is 6.04 Å². The fraction of sp³-hybridized carbons (Fsp3) is 0.810. The number of carbonyl (C=O) groups excluding carboxylic acids is 3. The van der Waals surface area contributed by atoms with Gasteiger partial charge in [-0.25, -0.2) is 0 Å². The van der Waals surface area contributed by atoms with E-state index in [9.17, 15) is 19.2 Å². The summed E-state index contributed by atoms with van der Waals surface area (Å²) in [6.07, 6.45) is 3.86. The van der Waals surface area contributed by atoms with Gasteiger partial charge in [0, 0.05) is 12.9 Å². The molecule has 3 aliphatic heterocycles. The molecule has 0 saturated carbocycles. The van der Waals surface area contributed by atoms with Crippen molar-refractivity contribution in [3.8, 4) is 0 Å². The Kier molecular flexibility index (Phi) is 7.62. The second kappa shape index (κ2) is 10.0. The Bertz CT molecular complexity index is 718. The third-order valence-electron chi connectivity index (χ3n) is 6.59. The van der Waals surface area contributed by atoms with Crippen LogP contribution in [0.1, 0.15) is 52.9 Å². The minimum absolute atomic E-state index is 0.0532. The third kappa shape index (κ3) is 5.22. The van der Waals surface area contributed by atoms with Gasteiger partial charge in [0.05, 0.1) is 24.1 Å². The summed E-state index contributed by atoms with van der Waals surface area (Å²) in [5, 5.41) is 14.9. The van der Waals surface area contributed by atoms with Crippen molar-refractivity contribution in [2.24, 2.45) is 5.92 Å². The molecule has 0 radical (unpaired) electrons. The van der Waals surface area contributed by atoms with E-state index >= 15 is 0 Å². The lowest BCUT2D eigenvalue weighted by atomic mass is 9.65. The standard InChI is InChI=1S/C21H35BN4O5/c1-4-5-8-23-20(30)17-16-14(10-12(2)3)26(16)21(31)18(22-11-15(27)28)24-19(29)13-7-6-9-25(13)17/h12-14,16-18,22H,4-11H2,1-3H3,(H,23,30)(H,24,29)(H,27,28)/t13-,14+,16-,17+,18?,26?/m1/s1. The molecule has 5 atom stereocenters. The van der Waals surface area contributed by atoms with Crippen molar-refractivity contribution in [3.63, 3.8) is 0 Å². The van der Waals surface area contributed by atoms with Crippen molar-refractivity contribution in [2.75, 3.05) is 13.1 Å². The van der Waals surface area contributed by atoms with Crippen LogP contribution in [0.15, 0.2) is 0 Å². The molecule has 9 nitrogen and oxygen atoms in total. The van der Waals surface area contributed by atoms with Crippen LogP contribution in [0, 0.1) is 5.92 Å². The van der Waals surface area contributed by atoms with Gasteiger partial charge < -0.3 is 20.6 Å². The fourth-order valence-electron chi connectivity index (χ4n) is 5.08. The molecule has 3 N–H and O–H groups in total. The highest BCUT2D eigenvalue weighted by atomic mass is 16.4. The third-order valence-corrected chi connectivity index (χ3v) is 6.59. The zero-order chi connectivity index (χ0) is 22.7. The molecule has 10 heteroatoms. The molecule has 3 heterocycles. The summed E-state index contributed by atoms with van der Waals surface area (Å²) in [6, 6.07) is -1.38. The second-order valence-electron chi connectivity index (χ2n) is 9.41. The van der Waals surface area contributed by atoms with Gasteiger partial charge in [-0.1, -0.05) is 27.2 Å². The van der Waals surface area contributed by atoms with Crippen LogP contribution < -0.4 is 10.6 Å². The summed E-state index contributed by atoms with van der Waals surface area (Å²) in [6.45, 7) is 7.44. The number of nitrogens with zero attached hydrogens (tertiary/aromatic N) is 2. The summed E-state index contributed by atoms with van der Waals surface area (Å²) in [4.78, 5) is 54.4. The van der Waals surface area contributed by atoms with Crippen molar-refractivity contribution in [2.45, 2.75) is 89.3 Å². The van der Waals surface area contributed by atoms with Crippen LogP contribution in [-0.2, 0) is 19.2 Å². The minimum Gasteiger partial charge on any atom is -0.482 e. The van der Waals surface area contributed by atoms with E-state index in [0.717, 1.165) is 25.7 Å². The maximum atomic E-state index is 13.4. The molecular weight excluding hydrogens is 399 g/mol. The van der Waals surface area contributed by atoms with E-state index in [1.54, 1.807) is 4.90 Å². The first kappa shape index (κ1) is 23.6. The van der Waals surface area contributed by atoms with Gasteiger partial charge in [0.2, 0.25) is 17.7 Å². The Morgan fingerprint density at radius 3 is 2.71 bits per heavy atom. The molecule has 1 unspecified atom stereocenters. The molecule has 3 amide bonds. The number of amides is 3. The molecule has 31 heavy (non-hydrogen) atoms. The zero-order valence-corrected chi connectivity index (χ0v) is 18.8. The van der Waals surface area contributed by atoms with E-state index in [4.69, 9.17) is 5.11 Å². The summed E-state index contributed by atoms with van der Waals surface area (Å²) in [7, 11) is 0.0532. The van der Waals surface area contributed by atoms with Crippen LogP contribution in [0.3, 0.4) is 0 Å². The second-order valence-corrected chi connectivity index (χ2v) is 9.41. The number of rotatable bonds is 9. The first-order chi connectivity index (χ1) is 14.8. The lowest BCUT2D eigenvalue weighted by Gasteiger charge is -2.31. The first-order valence-electron chi connectivity index (χ1n) is 11.6. The highest BCUT2D eigenvalue weighted by molar-refractivity contribution is 6.48. The van der Waals surface area contributed by atoms with Crippen molar-refractivity contribution in [3.05, 3.63) is 0 Å². The van der Waals surface area contributed by atoms with Gasteiger partial charge >= 0.3 is 0 Å². The molecule has 3 fully saturated rings. The van der Waals surface area contributed by atoms with Crippen LogP contribution in [0.4, 0.5) is 0 Å². The van der Waals surface area contributed by atoms with E-state index in [1.165, 1.54) is 0 Å². The van der Waals surface area contributed by atoms with E-state index in [0.29, 0.717) is 25.4 Å². The molecule has 0 aliphatic carbocycles. The SMILES string of the molecule is CCCCNC(=O)[C@@H]1[C@H]2[C@H](CC(C)C)N2C(=O)C(BCC(=O)O)NC(=O)[C@H]2CCCN21. The number of hydrogen-bond acceptors (Lipinski definition) is 5. The molecular formula is C21H35BN4O5. The first-order valence-corrected chi connectivity index (χ1v) is 11.6. The van der Waals surface area contributed by atoms with Crippen LogP contribution >= 0.6 is 0 Å². The quantitative estimate of drug-likeness (QED) is 0.262. The van der Waals surface area contributed by atoms with Crippen LogP contribution in [-0.4, -0.2) is 89.1 Å². The number of carboxylic acid groups (broad SMARTS) is 1. The highest BCUT2D eigenvalue weighted by Gasteiger charge is 2.61. The summed E-state index contributed by atoms with van der Waals surface area (Å²) < 4.78 is 0. The smallest absolute Gasteiger partial charge is 0.295 e. The number of carboxylic acids is 1. The number of unbranched alkanes of at least 4 members (excludes halogenated alkanes) is 1. The molecule has 172 valence electrons. The highest BCUT2D eigenvalue weighted by Crippen LogP contribution is 2.41. The largest absolute Gasteiger partial charge is 0.482 e. The van der Waals surface area contributed by atoms with Crippen LogP contribution in [0.25, 0.3) is 0 Å². The Hall–Kier alpha value is -2.10. The molecule has 0 aromatic heterocycles. The van der Waals surface area contributed by atoms with Crippen molar-refractivity contribution < 1.29 is 24.3 Å². The molecule has 0 spiro atoms. The van der Waals surface area contributed by atoms with E-state index < -0.39 is 24.0 Å². The maximum absolute atomic E-state index is 13.4. The topological polar surface area (TPSA) is 119 Å². The lowest BCUT2D eigenvalue weighted by Crippen LogP contribution is -2.57. The number of aliphatic carboxylic acids is 1. The van der Waals surface area contributed by atoms with Crippen LogP contribution in [0.2, 0.25) is 6.32 Å². The molecule has 0 aromatic carbocycles. The molecule has 3 aliphatic rings. The predicted octanol–water partition coefficient (Wildman–Crippen LogP) is -0.243. The zero-order valence-electron chi connectivity index (χ0n) is 18.8. The minimum atomic E-state index is -1.00. The molecule has 0 aromatic rings. The molecule has 0 bridgehead atoms. The fourth-order valence-corrected chi connectivity index (χ4v) is 5.08. The Morgan fingerprint density at radius 1 is 1.32 bits per heavy atom. The Balaban J connectivity index is 1.92. The van der Waals surface area contributed by atoms with Crippen molar-refractivity contribution in [1.29, 1.82) is 0 Å². The van der Waals surface area contributed by atoms with E-state index in [-0.39, 0.29) is 43.4 Å². The average Bonchev–Trinajstić information content (AvgIpc) is 3.14. The molecule has 3 saturated heterocycles. The van der Waals surface area contributed by atoms with Gasteiger partial charge in [-0.05, 0) is 38.1 Å².